The number of urea groups is 1. The summed E-state index contributed by atoms with van der Waals surface area (Å²) in [4.78, 5) is 12.2. The second-order valence-electron chi connectivity index (χ2n) is 5.99. The first-order valence-corrected chi connectivity index (χ1v) is 7.79. The molecule has 2 aromatic rings. The van der Waals surface area contributed by atoms with E-state index in [0.29, 0.717) is 12.0 Å². The van der Waals surface area contributed by atoms with Gasteiger partial charge in [0.25, 0.3) is 0 Å². The van der Waals surface area contributed by atoms with E-state index in [9.17, 15) is 4.79 Å². The Bertz CT molecular complexity index is 633. The maximum atomic E-state index is 12.2. The van der Waals surface area contributed by atoms with Crippen molar-refractivity contribution in [3.05, 3.63) is 42.5 Å². The monoisotopic (exact) mass is 282 g/mol. The number of hydrogen-bond acceptors (Lipinski definition) is 1. The average molecular weight is 282 g/mol. The minimum atomic E-state index is -0.0925. The Hall–Kier alpha value is -2.03. The first-order valence-electron chi connectivity index (χ1n) is 7.79. The van der Waals surface area contributed by atoms with Crippen LogP contribution < -0.4 is 10.6 Å². The normalized spacial score (nSPS) is 22.0. The summed E-state index contributed by atoms with van der Waals surface area (Å²) >= 11 is 0. The minimum Gasteiger partial charge on any atom is -0.335 e. The molecule has 0 aliphatic heterocycles. The highest BCUT2D eigenvalue weighted by Crippen LogP contribution is 2.25. The summed E-state index contributed by atoms with van der Waals surface area (Å²) in [6.45, 7) is 2.22. The third kappa shape index (κ3) is 3.18. The van der Waals surface area contributed by atoms with E-state index < -0.39 is 0 Å². The lowest BCUT2D eigenvalue weighted by Gasteiger charge is -2.29. The number of anilines is 1. The lowest BCUT2D eigenvalue weighted by Crippen LogP contribution is -2.43. The lowest BCUT2D eigenvalue weighted by atomic mass is 9.86. The predicted molar refractivity (Wildman–Crippen MR) is 87.5 cm³/mol. The van der Waals surface area contributed by atoms with Gasteiger partial charge in [-0.15, -0.1) is 0 Å². The summed E-state index contributed by atoms with van der Waals surface area (Å²) in [5, 5.41) is 8.35. The van der Waals surface area contributed by atoms with Crippen LogP contribution >= 0.6 is 0 Å². The molecule has 0 spiro atoms. The van der Waals surface area contributed by atoms with Crippen LogP contribution in [0.15, 0.2) is 42.5 Å². The first kappa shape index (κ1) is 13.9. The number of amides is 2. The Morgan fingerprint density at radius 3 is 2.67 bits per heavy atom. The summed E-state index contributed by atoms with van der Waals surface area (Å²) < 4.78 is 0. The standard InChI is InChI=1S/C18H22N2O/c1-13-7-2-5-11-16(13)19-18(21)20-17-12-6-9-14-8-3-4-10-15(14)17/h3-4,6,8-10,12-13,16H,2,5,7,11H2,1H3,(H2,19,20,21)/t13-,16+/m1/s1. The van der Waals surface area contributed by atoms with Gasteiger partial charge in [0.05, 0.1) is 5.69 Å². The molecule has 3 heteroatoms. The van der Waals surface area contributed by atoms with E-state index in [1.165, 1.54) is 19.3 Å². The Labute approximate surface area is 125 Å². The molecule has 110 valence electrons. The van der Waals surface area contributed by atoms with Crippen LogP contribution in [0.25, 0.3) is 10.8 Å². The van der Waals surface area contributed by atoms with Crippen molar-refractivity contribution in [3.8, 4) is 0 Å². The second-order valence-corrected chi connectivity index (χ2v) is 5.99. The first-order chi connectivity index (χ1) is 10.2. The highest BCUT2D eigenvalue weighted by Gasteiger charge is 2.22. The molecule has 1 aliphatic rings. The van der Waals surface area contributed by atoms with E-state index in [0.717, 1.165) is 22.9 Å². The fourth-order valence-electron chi connectivity index (χ4n) is 3.19. The van der Waals surface area contributed by atoms with E-state index in [1.807, 2.05) is 30.3 Å². The summed E-state index contributed by atoms with van der Waals surface area (Å²) in [6.07, 6.45) is 4.79. The van der Waals surface area contributed by atoms with Gasteiger partial charge in [0, 0.05) is 11.4 Å². The molecule has 0 saturated heterocycles. The molecule has 21 heavy (non-hydrogen) atoms. The smallest absolute Gasteiger partial charge is 0.319 e. The molecule has 1 fully saturated rings. The maximum Gasteiger partial charge on any atom is 0.319 e. The molecular weight excluding hydrogens is 260 g/mol. The van der Waals surface area contributed by atoms with Gasteiger partial charge in [0.15, 0.2) is 0 Å². The van der Waals surface area contributed by atoms with Gasteiger partial charge in [-0.25, -0.2) is 4.79 Å². The average Bonchev–Trinajstić information content (AvgIpc) is 2.50. The van der Waals surface area contributed by atoms with Crippen LogP contribution in [0.2, 0.25) is 0 Å². The van der Waals surface area contributed by atoms with Crippen molar-refractivity contribution in [3.63, 3.8) is 0 Å². The van der Waals surface area contributed by atoms with Gasteiger partial charge in [-0.05, 0) is 30.2 Å². The molecule has 0 radical (unpaired) electrons. The summed E-state index contributed by atoms with van der Waals surface area (Å²) in [5.74, 6) is 0.567. The highest BCUT2D eigenvalue weighted by molar-refractivity contribution is 6.01. The maximum absolute atomic E-state index is 12.2. The highest BCUT2D eigenvalue weighted by atomic mass is 16.2. The lowest BCUT2D eigenvalue weighted by molar-refractivity contribution is 0.232. The zero-order valence-corrected chi connectivity index (χ0v) is 12.4. The molecule has 2 aromatic carbocycles. The van der Waals surface area contributed by atoms with E-state index in [2.05, 4.69) is 29.7 Å². The van der Waals surface area contributed by atoms with Crippen LogP contribution in [-0.2, 0) is 0 Å². The van der Waals surface area contributed by atoms with E-state index >= 15 is 0 Å². The fourth-order valence-corrected chi connectivity index (χ4v) is 3.19. The van der Waals surface area contributed by atoms with E-state index in [4.69, 9.17) is 0 Å². The van der Waals surface area contributed by atoms with E-state index in [1.54, 1.807) is 0 Å². The SMILES string of the molecule is C[C@@H]1CCCC[C@@H]1NC(=O)Nc1cccc2ccccc12. The molecule has 1 saturated carbocycles. The molecule has 3 rings (SSSR count). The third-order valence-corrected chi connectivity index (χ3v) is 4.47. The molecule has 2 atom stereocenters. The van der Waals surface area contributed by atoms with E-state index in [-0.39, 0.29) is 6.03 Å². The molecule has 2 amide bonds. The number of hydrogen-bond donors (Lipinski definition) is 2. The number of carbonyl (C=O) groups excluding carboxylic acids is 1. The summed E-state index contributed by atoms with van der Waals surface area (Å²) in [7, 11) is 0. The van der Waals surface area contributed by atoms with Crippen LogP contribution in [0.5, 0.6) is 0 Å². The van der Waals surface area contributed by atoms with Gasteiger partial charge < -0.3 is 10.6 Å². The van der Waals surface area contributed by atoms with Crippen LogP contribution in [0, 0.1) is 5.92 Å². The molecule has 1 aliphatic carbocycles. The molecule has 0 heterocycles. The van der Waals surface area contributed by atoms with Crippen molar-refractivity contribution in [2.75, 3.05) is 5.32 Å². The van der Waals surface area contributed by atoms with Crippen molar-refractivity contribution in [2.45, 2.75) is 38.6 Å². The molecule has 0 unspecified atom stereocenters. The molecule has 3 nitrogen and oxygen atoms in total. The summed E-state index contributed by atoms with van der Waals surface area (Å²) in [6, 6.07) is 14.3. The molecule has 0 aromatic heterocycles. The van der Waals surface area contributed by atoms with Crippen LogP contribution in [0.4, 0.5) is 10.5 Å². The zero-order chi connectivity index (χ0) is 14.7. The second kappa shape index (κ2) is 6.17. The summed E-state index contributed by atoms with van der Waals surface area (Å²) in [5.41, 5.74) is 0.870. The molecule has 0 bridgehead atoms. The largest absolute Gasteiger partial charge is 0.335 e. The van der Waals surface area contributed by atoms with Gasteiger partial charge >= 0.3 is 6.03 Å². The number of carbonyl (C=O) groups is 1. The van der Waals surface area contributed by atoms with Gasteiger partial charge in [-0.2, -0.15) is 0 Å². The molecule has 2 N–H and O–H groups in total. The minimum absolute atomic E-state index is 0.0925. The zero-order valence-electron chi connectivity index (χ0n) is 12.4. The molecular formula is C18H22N2O. The van der Waals surface area contributed by atoms with Crippen molar-refractivity contribution in [1.29, 1.82) is 0 Å². The predicted octanol–water partition coefficient (Wildman–Crippen LogP) is 4.54. The van der Waals surface area contributed by atoms with Gasteiger partial charge in [0.1, 0.15) is 0 Å². The van der Waals surface area contributed by atoms with Crippen molar-refractivity contribution < 1.29 is 4.79 Å². The third-order valence-electron chi connectivity index (χ3n) is 4.47. The fraction of sp³-hybridized carbons (Fsp3) is 0.389. The van der Waals surface area contributed by atoms with Crippen molar-refractivity contribution in [1.82, 2.24) is 5.32 Å². The van der Waals surface area contributed by atoms with Gasteiger partial charge in [0.2, 0.25) is 0 Å². The van der Waals surface area contributed by atoms with Crippen molar-refractivity contribution >= 4 is 22.5 Å². The van der Waals surface area contributed by atoms with Crippen LogP contribution in [0.3, 0.4) is 0 Å². The quantitative estimate of drug-likeness (QED) is 0.834. The van der Waals surface area contributed by atoms with Gasteiger partial charge in [-0.1, -0.05) is 56.2 Å². The Balaban J connectivity index is 1.71. The Kier molecular flexibility index (Phi) is 4.09. The number of rotatable bonds is 2. The number of benzene rings is 2. The Morgan fingerprint density at radius 2 is 1.81 bits per heavy atom. The van der Waals surface area contributed by atoms with Gasteiger partial charge in [-0.3, -0.25) is 0 Å². The Morgan fingerprint density at radius 1 is 1.05 bits per heavy atom. The topological polar surface area (TPSA) is 41.1 Å². The van der Waals surface area contributed by atoms with Crippen LogP contribution in [-0.4, -0.2) is 12.1 Å². The van der Waals surface area contributed by atoms with Crippen molar-refractivity contribution in [2.24, 2.45) is 5.92 Å². The number of fused-ring (bicyclic) bond motifs is 1. The number of nitrogens with one attached hydrogen (secondary N) is 2. The van der Waals surface area contributed by atoms with Crippen LogP contribution in [0.1, 0.15) is 32.6 Å².